The molecule has 2 fully saturated rings. The van der Waals surface area contributed by atoms with Crippen molar-refractivity contribution < 1.29 is 13.2 Å². The molecule has 1 aromatic heterocycles. The second-order valence-corrected chi connectivity index (χ2v) is 8.89. The third-order valence-electron chi connectivity index (χ3n) is 5.04. The van der Waals surface area contributed by atoms with Crippen molar-refractivity contribution in [1.29, 1.82) is 0 Å². The Morgan fingerprint density at radius 3 is 2.92 bits per heavy atom. The predicted octanol–water partition coefficient (Wildman–Crippen LogP) is 0.381. The molecule has 1 aromatic rings. The molecule has 0 amide bonds. The summed E-state index contributed by atoms with van der Waals surface area (Å²) in [5.74, 6) is 0.857. The minimum atomic E-state index is -3.48. The molecule has 2 N–H and O–H groups in total. The van der Waals surface area contributed by atoms with E-state index in [1.165, 1.54) is 0 Å². The molecular formula is C17H29N5O3S. The highest BCUT2D eigenvalue weighted by Gasteiger charge is 2.42. The van der Waals surface area contributed by atoms with E-state index in [9.17, 15) is 8.42 Å². The minimum absolute atomic E-state index is 0.269. The lowest BCUT2D eigenvalue weighted by atomic mass is 9.87. The smallest absolute Gasteiger partial charge is 0.242 e. The zero-order valence-corrected chi connectivity index (χ0v) is 16.4. The Hall–Kier alpha value is -1.58. The van der Waals surface area contributed by atoms with Crippen molar-refractivity contribution in [3.8, 4) is 0 Å². The van der Waals surface area contributed by atoms with Crippen LogP contribution in [0.1, 0.15) is 19.8 Å². The van der Waals surface area contributed by atoms with E-state index in [1.807, 2.05) is 6.92 Å². The van der Waals surface area contributed by atoms with Crippen molar-refractivity contribution in [3.05, 3.63) is 18.5 Å². The average Bonchev–Trinajstić information content (AvgIpc) is 3.34. The Morgan fingerprint density at radius 1 is 1.42 bits per heavy atom. The maximum absolute atomic E-state index is 12.2. The number of aliphatic imine (C=N–C) groups is 1. The van der Waals surface area contributed by atoms with E-state index in [2.05, 4.69) is 19.9 Å². The summed E-state index contributed by atoms with van der Waals surface area (Å²) in [5, 5.41) is 3.32. The number of rotatable bonds is 6. The van der Waals surface area contributed by atoms with Crippen LogP contribution in [-0.2, 0) is 21.8 Å². The zero-order chi connectivity index (χ0) is 18.6. The predicted molar refractivity (Wildman–Crippen MR) is 101 cm³/mol. The van der Waals surface area contributed by atoms with Gasteiger partial charge in [-0.15, -0.1) is 0 Å². The van der Waals surface area contributed by atoms with Crippen LogP contribution in [0.2, 0.25) is 0 Å². The Kier molecular flexibility index (Phi) is 5.89. The van der Waals surface area contributed by atoms with Crippen LogP contribution in [0.5, 0.6) is 0 Å². The number of hydrogen-bond acceptors (Lipinski definition) is 4. The van der Waals surface area contributed by atoms with Gasteiger partial charge in [-0.1, -0.05) is 0 Å². The quantitative estimate of drug-likeness (QED) is 0.421. The normalized spacial score (nSPS) is 23.9. The Balaban J connectivity index is 1.55. The molecule has 3 heterocycles. The van der Waals surface area contributed by atoms with Gasteiger partial charge in [-0.2, -0.15) is 0 Å². The van der Waals surface area contributed by atoms with Crippen LogP contribution >= 0.6 is 0 Å². The van der Waals surface area contributed by atoms with E-state index in [0.29, 0.717) is 6.54 Å². The van der Waals surface area contributed by atoms with Crippen molar-refractivity contribution in [1.82, 2.24) is 19.5 Å². The molecule has 146 valence electrons. The lowest BCUT2D eigenvalue weighted by Crippen LogP contribution is -2.42. The van der Waals surface area contributed by atoms with E-state index >= 15 is 0 Å². The summed E-state index contributed by atoms with van der Waals surface area (Å²) in [6, 6.07) is 1.59. The van der Waals surface area contributed by atoms with Gasteiger partial charge in [-0.3, -0.25) is 4.99 Å². The fourth-order valence-corrected chi connectivity index (χ4v) is 4.65. The number of ether oxygens (including phenoxy) is 1. The summed E-state index contributed by atoms with van der Waals surface area (Å²) >= 11 is 0. The number of nitrogens with one attached hydrogen (secondary N) is 2. The number of aromatic nitrogens is 1. The maximum Gasteiger partial charge on any atom is 0.242 e. The highest BCUT2D eigenvalue weighted by Crippen LogP contribution is 2.38. The highest BCUT2D eigenvalue weighted by molar-refractivity contribution is 7.89. The van der Waals surface area contributed by atoms with Crippen molar-refractivity contribution >= 4 is 16.0 Å². The van der Waals surface area contributed by atoms with Crippen LogP contribution in [0.3, 0.4) is 0 Å². The van der Waals surface area contributed by atoms with Crippen molar-refractivity contribution in [2.24, 2.45) is 17.5 Å². The summed E-state index contributed by atoms with van der Waals surface area (Å²) in [5.41, 5.74) is 0.269. The lowest BCUT2D eigenvalue weighted by molar-refractivity contribution is 0.156. The van der Waals surface area contributed by atoms with E-state index in [0.717, 1.165) is 51.6 Å². The molecule has 2 saturated heterocycles. The fourth-order valence-electron chi connectivity index (χ4n) is 3.58. The number of likely N-dealkylation sites (tertiary alicyclic amines) is 1. The third-order valence-corrected chi connectivity index (χ3v) is 6.48. The van der Waals surface area contributed by atoms with Crippen LogP contribution in [0, 0.1) is 5.41 Å². The van der Waals surface area contributed by atoms with E-state index in [1.54, 1.807) is 30.1 Å². The fraction of sp³-hybridized carbons (Fsp3) is 0.706. The van der Waals surface area contributed by atoms with Crippen LogP contribution < -0.4 is 10.0 Å². The Labute approximate surface area is 155 Å². The van der Waals surface area contributed by atoms with Gasteiger partial charge in [0.15, 0.2) is 5.96 Å². The van der Waals surface area contributed by atoms with E-state index < -0.39 is 10.0 Å². The molecular weight excluding hydrogens is 354 g/mol. The first-order valence-electron chi connectivity index (χ1n) is 9.17. The number of nitrogens with zero attached hydrogens (tertiary/aromatic N) is 3. The average molecular weight is 384 g/mol. The number of aryl methyl sites for hydroxylation is 1. The third kappa shape index (κ3) is 4.39. The summed E-state index contributed by atoms with van der Waals surface area (Å²) in [7, 11) is -1.68. The highest BCUT2D eigenvalue weighted by atomic mass is 32.2. The Bertz CT molecular complexity index is 737. The summed E-state index contributed by atoms with van der Waals surface area (Å²) in [4.78, 5) is 7.15. The van der Waals surface area contributed by atoms with Crippen LogP contribution in [0.25, 0.3) is 0 Å². The van der Waals surface area contributed by atoms with Gasteiger partial charge < -0.3 is 19.5 Å². The minimum Gasteiger partial charge on any atom is -0.381 e. The molecule has 0 saturated carbocycles. The standard InChI is InChI=1S/C17H29N5O3S/c1-3-18-16(22-10-5-17(13-22)6-11-25-14-17)19-7-8-20-26(23,24)15-4-9-21(2)12-15/h4,9,12,20H,3,5-8,10-11,13-14H2,1-2H3,(H,18,19). The van der Waals surface area contributed by atoms with Gasteiger partial charge in [0.1, 0.15) is 0 Å². The van der Waals surface area contributed by atoms with Crippen LogP contribution in [0.4, 0.5) is 0 Å². The largest absolute Gasteiger partial charge is 0.381 e. The SMILES string of the molecule is CCNC(=NCCNS(=O)(=O)c1ccn(C)c1)N1CCC2(CCOC2)C1. The summed E-state index contributed by atoms with van der Waals surface area (Å²) < 4.78 is 34.4. The van der Waals surface area contributed by atoms with Crippen LogP contribution in [-0.4, -0.2) is 69.8 Å². The van der Waals surface area contributed by atoms with Gasteiger partial charge >= 0.3 is 0 Å². The molecule has 0 aromatic carbocycles. The topological polar surface area (TPSA) is 88.0 Å². The molecule has 8 nitrogen and oxygen atoms in total. The number of guanidine groups is 1. The van der Waals surface area contributed by atoms with Gasteiger partial charge in [0.05, 0.1) is 18.0 Å². The molecule has 2 aliphatic rings. The zero-order valence-electron chi connectivity index (χ0n) is 15.6. The number of sulfonamides is 1. The maximum atomic E-state index is 12.2. The monoisotopic (exact) mass is 383 g/mol. The Morgan fingerprint density at radius 2 is 2.27 bits per heavy atom. The van der Waals surface area contributed by atoms with Crippen LogP contribution in [0.15, 0.2) is 28.3 Å². The molecule has 3 rings (SSSR count). The molecule has 2 aliphatic heterocycles. The van der Waals surface area contributed by atoms with Gasteiger partial charge in [0.25, 0.3) is 0 Å². The second-order valence-electron chi connectivity index (χ2n) is 7.12. The second kappa shape index (κ2) is 7.98. The molecule has 0 bridgehead atoms. The molecule has 0 aliphatic carbocycles. The van der Waals surface area contributed by atoms with E-state index in [4.69, 9.17) is 4.74 Å². The molecule has 1 unspecified atom stereocenters. The number of hydrogen-bond donors (Lipinski definition) is 2. The summed E-state index contributed by atoms with van der Waals surface area (Å²) in [6.07, 6.45) is 5.53. The van der Waals surface area contributed by atoms with Crippen molar-refractivity contribution in [3.63, 3.8) is 0 Å². The molecule has 1 atom stereocenters. The molecule has 0 radical (unpaired) electrons. The first-order chi connectivity index (χ1) is 12.4. The van der Waals surface area contributed by atoms with E-state index in [-0.39, 0.29) is 16.9 Å². The van der Waals surface area contributed by atoms with Crippen molar-refractivity contribution in [2.45, 2.75) is 24.7 Å². The van der Waals surface area contributed by atoms with Gasteiger partial charge in [-0.25, -0.2) is 13.1 Å². The molecule has 1 spiro atoms. The van der Waals surface area contributed by atoms with Crippen molar-refractivity contribution in [2.75, 3.05) is 45.9 Å². The molecule has 26 heavy (non-hydrogen) atoms. The first-order valence-corrected chi connectivity index (χ1v) is 10.7. The summed E-state index contributed by atoms with van der Waals surface area (Å²) in [6.45, 7) is 7.09. The lowest BCUT2D eigenvalue weighted by Gasteiger charge is -2.25. The first kappa shape index (κ1) is 19.2. The van der Waals surface area contributed by atoms with Gasteiger partial charge in [0.2, 0.25) is 10.0 Å². The molecule has 9 heteroatoms. The van der Waals surface area contributed by atoms with Gasteiger partial charge in [-0.05, 0) is 25.8 Å². The van der Waals surface area contributed by atoms with Gasteiger partial charge in [0, 0.05) is 57.6 Å².